The lowest BCUT2D eigenvalue weighted by Crippen LogP contribution is -2.09. The molecule has 152 valence electrons. The molecule has 8 heteroatoms. The van der Waals surface area contributed by atoms with Crippen molar-refractivity contribution in [1.29, 1.82) is 0 Å². The third-order valence-corrected chi connectivity index (χ3v) is 4.18. The molecular weight excluding hydrogens is 382 g/mol. The average molecular weight is 402 g/mol. The number of nitrogens with zero attached hydrogens (tertiary/aromatic N) is 1. The molecule has 0 atom stereocenters. The number of hydrogen-bond acceptors (Lipinski definition) is 5. The number of aromatic nitrogens is 1. The Bertz CT molecular complexity index is 921. The van der Waals surface area contributed by atoms with Crippen LogP contribution in [0.4, 0.5) is 14.6 Å². The first-order valence-electron chi connectivity index (χ1n) is 9.04. The zero-order valence-electron chi connectivity index (χ0n) is 15.5. The van der Waals surface area contributed by atoms with Crippen molar-refractivity contribution in [2.24, 2.45) is 0 Å². The van der Waals surface area contributed by atoms with E-state index in [4.69, 9.17) is 14.6 Å². The normalized spacial score (nSPS) is 12.8. The van der Waals surface area contributed by atoms with Gasteiger partial charge in [0.25, 0.3) is 0 Å². The minimum Gasteiger partial charge on any atom is -0.497 e. The second-order valence-corrected chi connectivity index (χ2v) is 6.28. The highest BCUT2D eigenvalue weighted by molar-refractivity contribution is 5.75. The molecule has 0 saturated carbocycles. The summed E-state index contributed by atoms with van der Waals surface area (Å²) in [6, 6.07) is 5.74. The van der Waals surface area contributed by atoms with Crippen LogP contribution in [0.5, 0.6) is 5.75 Å². The molecule has 2 N–H and O–H groups in total. The number of carboxylic acid groups (broad SMARTS) is 1. The van der Waals surface area contributed by atoms with Gasteiger partial charge in [0.1, 0.15) is 12.4 Å². The van der Waals surface area contributed by atoms with Crippen molar-refractivity contribution >= 4 is 11.8 Å². The molecule has 6 nitrogen and oxygen atoms in total. The van der Waals surface area contributed by atoms with Crippen molar-refractivity contribution in [3.8, 4) is 16.9 Å². The zero-order valence-corrected chi connectivity index (χ0v) is 15.5. The van der Waals surface area contributed by atoms with Crippen LogP contribution >= 0.6 is 0 Å². The van der Waals surface area contributed by atoms with Crippen molar-refractivity contribution in [3.05, 3.63) is 66.1 Å². The minimum absolute atomic E-state index is 0.0917. The van der Waals surface area contributed by atoms with Gasteiger partial charge in [0, 0.05) is 24.7 Å². The summed E-state index contributed by atoms with van der Waals surface area (Å²) in [6.07, 6.45) is 6.97. The quantitative estimate of drug-likeness (QED) is 0.614. The molecule has 0 fully saturated rings. The molecule has 0 bridgehead atoms. The Hall–Kier alpha value is -3.42. The van der Waals surface area contributed by atoms with E-state index in [9.17, 15) is 13.6 Å². The molecule has 2 aromatic rings. The van der Waals surface area contributed by atoms with Crippen LogP contribution in [-0.2, 0) is 9.53 Å². The summed E-state index contributed by atoms with van der Waals surface area (Å²) in [4.78, 5) is 14.8. The van der Waals surface area contributed by atoms with Crippen LogP contribution in [-0.4, -0.2) is 35.8 Å². The van der Waals surface area contributed by atoms with Crippen LogP contribution < -0.4 is 10.1 Å². The second kappa shape index (κ2) is 9.68. The maximum absolute atomic E-state index is 14.4. The Kier molecular flexibility index (Phi) is 6.78. The number of nitrogens with one attached hydrogen (secondary N) is 1. The summed E-state index contributed by atoms with van der Waals surface area (Å²) in [7, 11) is 0. The zero-order chi connectivity index (χ0) is 20.6. The Balaban J connectivity index is 1.75. The Morgan fingerprint density at radius 2 is 2.10 bits per heavy atom. The molecule has 1 aromatic carbocycles. The molecule has 3 rings (SSSR count). The molecule has 0 aliphatic carbocycles. The van der Waals surface area contributed by atoms with E-state index in [0.717, 1.165) is 5.57 Å². The van der Waals surface area contributed by atoms with Crippen molar-refractivity contribution in [2.75, 3.05) is 25.1 Å². The third-order valence-electron chi connectivity index (χ3n) is 4.18. The van der Waals surface area contributed by atoms with E-state index in [1.54, 1.807) is 24.6 Å². The maximum atomic E-state index is 14.4. The molecule has 0 saturated heterocycles. The summed E-state index contributed by atoms with van der Waals surface area (Å²) in [5.41, 5.74) is 1.86. The number of hydrogen-bond donors (Lipinski definition) is 2. The molecule has 2 heterocycles. The van der Waals surface area contributed by atoms with E-state index in [-0.39, 0.29) is 19.4 Å². The number of benzene rings is 1. The first-order chi connectivity index (χ1) is 14.0. The summed E-state index contributed by atoms with van der Waals surface area (Å²) >= 11 is 0. The molecule has 0 spiro atoms. The van der Waals surface area contributed by atoms with Crippen LogP contribution in [0.2, 0.25) is 0 Å². The Morgan fingerprint density at radius 3 is 2.79 bits per heavy atom. The number of anilines is 1. The standard InChI is InChI=1S/C21H20F2N2O4/c22-17-11-15(12-18(23)20(17)29-8-2-4-19(26)27)16-3-1-7-24-21(16)25-13-14-5-9-28-10-6-14/h1,3,5-7,9,11-12H,2,4,8,10,13H2,(H,24,25)(H,26,27). The number of carboxylic acids is 1. The van der Waals surface area contributed by atoms with E-state index in [2.05, 4.69) is 10.3 Å². The van der Waals surface area contributed by atoms with Crippen molar-refractivity contribution in [3.63, 3.8) is 0 Å². The summed E-state index contributed by atoms with van der Waals surface area (Å²) in [5.74, 6) is -2.74. The van der Waals surface area contributed by atoms with E-state index < -0.39 is 23.4 Å². The van der Waals surface area contributed by atoms with Gasteiger partial charge in [-0.25, -0.2) is 13.8 Å². The molecule has 0 unspecified atom stereocenters. The van der Waals surface area contributed by atoms with Gasteiger partial charge in [0.05, 0.1) is 12.9 Å². The SMILES string of the molecule is O=C(O)CCCOc1c(F)cc(-c2cccnc2NCC2=CCOC=C2)cc1F. The van der Waals surface area contributed by atoms with Crippen LogP contribution in [0.25, 0.3) is 11.1 Å². The number of pyridine rings is 1. The van der Waals surface area contributed by atoms with Crippen LogP contribution in [0.3, 0.4) is 0 Å². The van der Waals surface area contributed by atoms with Gasteiger partial charge in [-0.3, -0.25) is 4.79 Å². The minimum atomic E-state index is -0.992. The van der Waals surface area contributed by atoms with E-state index in [1.807, 2.05) is 12.2 Å². The lowest BCUT2D eigenvalue weighted by molar-refractivity contribution is -0.137. The lowest BCUT2D eigenvalue weighted by Gasteiger charge is -2.14. The smallest absolute Gasteiger partial charge is 0.303 e. The molecule has 0 amide bonds. The largest absolute Gasteiger partial charge is 0.497 e. The fourth-order valence-corrected chi connectivity index (χ4v) is 2.76. The van der Waals surface area contributed by atoms with Gasteiger partial charge >= 0.3 is 5.97 Å². The number of rotatable bonds is 9. The predicted octanol–water partition coefficient (Wildman–Crippen LogP) is 4.15. The van der Waals surface area contributed by atoms with E-state index in [1.165, 1.54) is 12.1 Å². The topological polar surface area (TPSA) is 80.7 Å². The molecule has 1 aromatic heterocycles. The van der Waals surface area contributed by atoms with E-state index in [0.29, 0.717) is 30.1 Å². The van der Waals surface area contributed by atoms with Gasteiger partial charge in [-0.15, -0.1) is 0 Å². The second-order valence-electron chi connectivity index (χ2n) is 6.28. The highest BCUT2D eigenvalue weighted by Gasteiger charge is 2.16. The summed E-state index contributed by atoms with van der Waals surface area (Å²) < 4.78 is 39.1. The molecule has 1 aliphatic heterocycles. The molecule has 0 radical (unpaired) electrons. The predicted molar refractivity (Wildman–Crippen MR) is 104 cm³/mol. The van der Waals surface area contributed by atoms with E-state index >= 15 is 0 Å². The number of aliphatic carboxylic acids is 1. The van der Waals surface area contributed by atoms with Crippen molar-refractivity contribution in [2.45, 2.75) is 12.8 Å². The van der Waals surface area contributed by atoms with Gasteiger partial charge in [-0.2, -0.15) is 0 Å². The first-order valence-corrected chi connectivity index (χ1v) is 9.04. The van der Waals surface area contributed by atoms with Crippen LogP contribution in [0.15, 0.2) is 54.4 Å². The van der Waals surface area contributed by atoms with Gasteiger partial charge in [-0.1, -0.05) is 0 Å². The fourth-order valence-electron chi connectivity index (χ4n) is 2.76. The van der Waals surface area contributed by atoms with Gasteiger partial charge in [-0.05, 0) is 54.0 Å². The average Bonchev–Trinajstić information content (AvgIpc) is 2.72. The van der Waals surface area contributed by atoms with Crippen LogP contribution in [0.1, 0.15) is 12.8 Å². The van der Waals surface area contributed by atoms with Crippen molar-refractivity contribution < 1.29 is 28.2 Å². The highest BCUT2D eigenvalue weighted by atomic mass is 19.1. The summed E-state index contributed by atoms with van der Waals surface area (Å²) in [5, 5.41) is 11.8. The van der Waals surface area contributed by atoms with Crippen LogP contribution in [0, 0.1) is 11.6 Å². The Labute approximate surface area is 166 Å². The first kappa shape index (κ1) is 20.3. The Morgan fingerprint density at radius 1 is 1.31 bits per heavy atom. The summed E-state index contributed by atoms with van der Waals surface area (Å²) in [6.45, 7) is 0.887. The monoisotopic (exact) mass is 402 g/mol. The number of carbonyl (C=O) groups is 1. The molecular formula is C21H20F2N2O4. The third kappa shape index (κ3) is 5.54. The van der Waals surface area contributed by atoms with Gasteiger partial charge in [0.15, 0.2) is 17.4 Å². The maximum Gasteiger partial charge on any atom is 0.303 e. The lowest BCUT2D eigenvalue weighted by atomic mass is 10.1. The highest BCUT2D eigenvalue weighted by Crippen LogP contribution is 2.32. The number of ether oxygens (including phenoxy) is 2. The van der Waals surface area contributed by atoms with Gasteiger partial charge in [0.2, 0.25) is 0 Å². The molecule has 1 aliphatic rings. The van der Waals surface area contributed by atoms with Gasteiger partial charge < -0.3 is 19.9 Å². The fraction of sp³-hybridized carbons (Fsp3) is 0.238. The number of halogens is 2. The molecule has 29 heavy (non-hydrogen) atoms. The van der Waals surface area contributed by atoms with Crippen molar-refractivity contribution in [1.82, 2.24) is 4.98 Å².